The summed E-state index contributed by atoms with van der Waals surface area (Å²) in [6.07, 6.45) is 3.40. The van der Waals surface area contributed by atoms with Gasteiger partial charge in [-0.3, -0.25) is 0 Å². The monoisotopic (exact) mass is 330 g/mol. The highest BCUT2D eigenvalue weighted by Gasteiger charge is 2.20. The molecule has 0 spiro atoms. The van der Waals surface area contributed by atoms with Crippen LogP contribution in [0.3, 0.4) is 0 Å². The molecule has 1 saturated carbocycles. The Kier molecular flexibility index (Phi) is 3.95. The topological polar surface area (TPSA) is 20.2 Å². The largest absolute Gasteiger partial charge is 0.384 e. The lowest BCUT2D eigenvalue weighted by Gasteiger charge is -2.26. The number of hydrogen-bond acceptors (Lipinski definition) is 1. The van der Waals surface area contributed by atoms with E-state index in [0.29, 0.717) is 0 Å². The molecule has 2 heteroatoms. The normalized spacial score (nSPS) is 16.8. The fourth-order valence-corrected chi connectivity index (χ4v) is 3.21. The van der Waals surface area contributed by atoms with Crippen LogP contribution < -0.4 is 0 Å². The summed E-state index contributed by atoms with van der Waals surface area (Å²) in [5.41, 5.74) is 4.46. The predicted molar refractivity (Wildman–Crippen MR) is 86.0 cm³/mol. The zero-order chi connectivity index (χ0) is 14.1. The number of aliphatic hydroxyl groups excluding tert-OH is 1. The number of hydrogen-bond donors (Lipinski definition) is 1. The number of aliphatic hydroxyl groups is 1. The molecule has 1 N–H and O–H groups in total. The van der Waals surface area contributed by atoms with Gasteiger partial charge in [0.2, 0.25) is 0 Å². The molecule has 0 bridgehead atoms. The summed E-state index contributed by atoms with van der Waals surface area (Å²) in [7, 11) is 0. The molecule has 0 amide bonds. The summed E-state index contributed by atoms with van der Waals surface area (Å²) in [5, 5.41) is 10.6. The van der Waals surface area contributed by atoms with Gasteiger partial charge in [0.15, 0.2) is 0 Å². The van der Waals surface area contributed by atoms with Crippen LogP contribution in [0.4, 0.5) is 0 Å². The van der Waals surface area contributed by atoms with Gasteiger partial charge in [-0.05, 0) is 48.4 Å². The second-order valence-corrected chi connectivity index (χ2v) is 6.58. The van der Waals surface area contributed by atoms with Crippen LogP contribution in [0.25, 0.3) is 0 Å². The predicted octanol–water partition coefficient (Wildman–Crippen LogP) is 5.11. The zero-order valence-corrected chi connectivity index (χ0v) is 13.2. The lowest BCUT2D eigenvalue weighted by molar-refractivity contribution is 0.219. The molecule has 0 aliphatic heterocycles. The maximum Gasteiger partial charge on any atom is 0.105 e. The Hall–Kier alpha value is -1.12. The Labute approximate surface area is 128 Å². The van der Waals surface area contributed by atoms with Crippen molar-refractivity contribution < 1.29 is 5.11 Å². The average molecular weight is 331 g/mol. The molecule has 1 aliphatic rings. The van der Waals surface area contributed by atoms with E-state index in [1.165, 1.54) is 24.8 Å². The van der Waals surface area contributed by atoms with Crippen LogP contribution in [-0.2, 0) is 0 Å². The summed E-state index contributed by atoms with van der Waals surface area (Å²) < 4.78 is 0.957. The van der Waals surface area contributed by atoms with Gasteiger partial charge in [0.25, 0.3) is 0 Å². The number of rotatable bonds is 3. The molecule has 1 nitrogen and oxygen atoms in total. The third-order valence-corrected chi connectivity index (χ3v) is 5.00. The Morgan fingerprint density at radius 3 is 2.40 bits per heavy atom. The molecule has 104 valence electrons. The van der Waals surface area contributed by atoms with Gasteiger partial charge in [0.05, 0.1) is 0 Å². The maximum absolute atomic E-state index is 10.6. The number of benzene rings is 2. The van der Waals surface area contributed by atoms with Crippen molar-refractivity contribution in [2.24, 2.45) is 0 Å². The van der Waals surface area contributed by atoms with Crippen LogP contribution in [-0.4, -0.2) is 5.11 Å². The van der Waals surface area contributed by atoms with Gasteiger partial charge in [-0.15, -0.1) is 0 Å². The first-order valence-electron chi connectivity index (χ1n) is 7.19. The van der Waals surface area contributed by atoms with Gasteiger partial charge >= 0.3 is 0 Å². The highest BCUT2D eigenvalue weighted by atomic mass is 79.9. The molecule has 1 unspecified atom stereocenters. The van der Waals surface area contributed by atoms with Crippen LogP contribution in [0.1, 0.15) is 53.5 Å². The summed E-state index contributed by atoms with van der Waals surface area (Å²) in [6, 6.07) is 14.5. The van der Waals surface area contributed by atoms with Crippen molar-refractivity contribution in [2.45, 2.75) is 38.2 Å². The van der Waals surface area contributed by atoms with Gasteiger partial charge in [-0.1, -0.05) is 64.3 Å². The lowest BCUT2D eigenvalue weighted by atomic mass is 9.80. The third kappa shape index (κ3) is 2.68. The van der Waals surface area contributed by atoms with Crippen molar-refractivity contribution in [2.75, 3.05) is 0 Å². The van der Waals surface area contributed by atoms with Crippen LogP contribution in [0.2, 0.25) is 0 Å². The smallest absolute Gasteiger partial charge is 0.105 e. The van der Waals surface area contributed by atoms with Crippen LogP contribution in [0, 0.1) is 6.92 Å². The van der Waals surface area contributed by atoms with Crippen molar-refractivity contribution in [1.29, 1.82) is 0 Å². The minimum atomic E-state index is -0.570. The summed E-state index contributed by atoms with van der Waals surface area (Å²) in [4.78, 5) is 0. The van der Waals surface area contributed by atoms with Crippen molar-refractivity contribution in [3.8, 4) is 0 Å². The third-order valence-electron chi connectivity index (χ3n) is 4.27. The van der Waals surface area contributed by atoms with E-state index in [0.717, 1.165) is 27.1 Å². The number of halogens is 1. The summed E-state index contributed by atoms with van der Waals surface area (Å²) in [6.45, 7) is 2.04. The quantitative estimate of drug-likeness (QED) is 0.829. The van der Waals surface area contributed by atoms with Crippen molar-refractivity contribution in [3.63, 3.8) is 0 Å². The molecule has 3 rings (SSSR count). The SMILES string of the molecule is Cc1ccc(Br)c(C(O)c2ccc(C3CCC3)cc2)c1. The minimum absolute atomic E-state index is 0.570. The first kappa shape index (κ1) is 13.8. The highest BCUT2D eigenvalue weighted by molar-refractivity contribution is 9.10. The van der Waals surface area contributed by atoms with E-state index >= 15 is 0 Å². The molecule has 0 heterocycles. The van der Waals surface area contributed by atoms with E-state index < -0.39 is 6.10 Å². The molecule has 1 aliphatic carbocycles. The molecule has 0 radical (unpaired) electrons. The van der Waals surface area contributed by atoms with E-state index in [4.69, 9.17) is 0 Å². The first-order valence-corrected chi connectivity index (χ1v) is 7.98. The second kappa shape index (κ2) is 5.71. The molecule has 2 aromatic carbocycles. The van der Waals surface area contributed by atoms with E-state index in [2.05, 4.69) is 40.2 Å². The van der Waals surface area contributed by atoms with Crippen LogP contribution in [0.15, 0.2) is 46.9 Å². The van der Waals surface area contributed by atoms with Gasteiger partial charge in [-0.25, -0.2) is 0 Å². The Balaban J connectivity index is 1.85. The fourth-order valence-electron chi connectivity index (χ4n) is 2.74. The van der Waals surface area contributed by atoms with Crippen molar-refractivity contribution in [1.82, 2.24) is 0 Å². The average Bonchev–Trinajstić information content (AvgIpc) is 2.40. The Morgan fingerprint density at radius 2 is 1.80 bits per heavy atom. The molecular formula is C18H19BrO. The molecule has 1 atom stereocenters. The molecular weight excluding hydrogens is 312 g/mol. The molecule has 0 aromatic heterocycles. The van der Waals surface area contributed by atoms with Crippen LogP contribution in [0.5, 0.6) is 0 Å². The van der Waals surface area contributed by atoms with E-state index in [-0.39, 0.29) is 0 Å². The lowest BCUT2D eigenvalue weighted by Crippen LogP contribution is -2.09. The van der Waals surface area contributed by atoms with Crippen molar-refractivity contribution in [3.05, 3.63) is 69.2 Å². The van der Waals surface area contributed by atoms with Gasteiger partial charge in [-0.2, -0.15) is 0 Å². The molecule has 2 aromatic rings. The van der Waals surface area contributed by atoms with Gasteiger partial charge < -0.3 is 5.11 Å². The summed E-state index contributed by atoms with van der Waals surface area (Å²) >= 11 is 3.53. The van der Waals surface area contributed by atoms with Gasteiger partial charge in [0.1, 0.15) is 6.10 Å². The molecule has 1 fully saturated rings. The standard InChI is InChI=1S/C18H19BrO/c1-12-5-10-17(19)16(11-12)18(20)15-8-6-14(7-9-15)13-3-2-4-13/h5-11,13,18,20H,2-4H2,1H3. The highest BCUT2D eigenvalue weighted by Crippen LogP contribution is 2.37. The summed E-state index contributed by atoms with van der Waals surface area (Å²) in [5.74, 6) is 0.742. The zero-order valence-electron chi connectivity index (χ0n) is 11.6. The Bertz CT molecular complexity index is 599. The van der Waals surface area contributed by atoms with Crippen LogP contribution >= 0.6 is 15.9 Å². The second-order valence-electron chi connectivity index (χ2n) is 5.72. The van der Waals surface area contributed by atoms with Gasteiger partial charge in [0, 0.05) is 4.47 Å². The number of aryl methyl sites for hydroxylation is 1. The Morgan fingerprint density at radius 1 is 1.10 bits per heavy atom. The molecule has 20 heavy (non-hydrogen) atoms. The van der Waals surface area contributed by atoms with E-state index in [1.807, 2.05) is 25.1 Å². The minimum Gasteiger partial charge on any atom is -0.384 e. The van der Waals surface area contributed by atoms with E-state index in [9.17, 15) is 5.11 Å². The first-order chi connectivity index (χ1) is 9.65. The van der Waals surface area contributed by atoms with Crippen molar-refractivity contribution >= 4 is 15.9 Å². The maximum atomic E-state index is 10.6. The van der Waals surface area contributed by atoms with E-state index in [1.54, 1.807) is 0 Å². The molecule has 0 saturated heterocycles. The fraction of sp³-hybridized carbons (Fsp3) is 0.333.